The first-order valence-corrected chi connectivity index (χ1v) is 14.2. The molecule has 0 bridgehead atoms. The maximum Gasteiger partial charge on any atom is 0.410 e. The van der Waals surface area contributed by atoms with Crippen LogP contribution in [0.25, 0.3) is 0 Å². The van der Waals surface area contributed by atoms with Gasteiger partial charge < -0.3 is 21.1 Å². The summed E-state index contributed by atoms with van der Waals surface area (Å²) in [6.07, 6.45) is 1.70. The van der Waals surface area contributed by atoms with Crippen molar-refractivity contribution in [1.29, 1.82) is 0 Å². The van der Waals surface area contributed by atoms with E-state index in [2.05, 4.69) is 15.7 Å². The summed E-state index contributed by atoms with van der Waals surface area (Å²) in [6, 6.07) is 3.57. The molecule has 3 aliphatic carbocycles. The Bertz CT molecular complexity index is 1290. The molecule has 3 amide bonds. The molecular weight excluding hydrogens is 539 g/mol. The van der Waals surface area contributed by atoms with Gasteiger partial charge in [-0.3, -0.25) is 19.1 Å². The lowest BCUT2D eigenvalue weighted by Crippen LogP contribution is -2.50. The van der Waals surface area contributed by atoms with E-state index in [0.29, 0.717) is 41.6 Å². The van der Waals surface area contributed by atoms with Crippen molar-refractivity contribution in [3.63, 3.8) is 0 Å². The molecule has 0 radical (unpaired) electrons. The average Bonchev–Trinajstić information content (AvgIpc) is 3.84. The number of aryl methyl sites for hydroxylation is 1. The van der Waals surface area contributed by atoms with Crippen LogP contribution in [0.15, 0.2) is 30.5 Å². The van der Waals surface area contributed by atoms with Gasteiger partial charge in [0.15, 0.2) is 0 Å². The summed E-state index contributed by atoms with van der Waals surface area (Å²) in [6.45, 7) is 2.61. The van der Waals surface area contributed by atoms with Crippen LogP contribution in [0.4, 0.5) is 18.9 Å². The molecule has 12 heteroatoms. The third kappa shape index (κ3) is 6.42. The number of carbonyl (C=O) groups is 3. The van der Waals surface area contributed by atoms with Gasteiger partial charge in [-0.05, 0) is 99.5 Å². The zero-order valence-electron chi connectivity index (χ0n) is 23.1. The van der Waals surface area contributed by atoms with E-state index < -0.39 is 36.7 Å². The lowest BCUT2D eigenvalue weighted by atomic mass is 9.88. The highest BCUT2D eigenvalue weighted by atomic mass is 19.4. The van der Waals surface area contributed by atoms with Gasteiger partial charge in [-0.1, -0.05) is 6.07 Å². The SMILES string of the molecule is CC(C)n1nccc1C(=O)N[C@H](C(=O)Nc1ccc2c(c1)CC[C@@H]2C(=O)N[C@@H](CO)C(F)(F)F)C(C1CC1)C1CC1. The van der Waals surface area contributed by atoms with Crippen LogP contribution in [0.1, 0.15) is 79.5 Å². The number of alkyl halides is 3. The van der Waals surface area contributed by atoms with E-state index in [9.17, 15) is 27.6 Å². The number of nitrogens with one attached hydrogen (secondary N) is 3. The van der Waals surface area contributed by atoms with Crippen LogP contribution in [0.3, 0.4) is 0 Å². The van der Waals surface area contributed by atoms with Crippen molar-refractivity contribution in [1.82, 2.24) is 20.4 Å². The molecule has 0 unspecified atom stereocenters. The Labute approximate surface area is 236 Å². The Hall–Kier alpha value is -3.41. The van der Waals surface area contributed by atoms with Gasteiger partial charge in [0.25, 0.3) is 5.91 Å². The summed E-state index contributed by atoms with van der Waals surface area (Å²) >= 11 is 0. The first kappa shape index (κ1) is 29.1. The summed E-state index contributed by atoms with van der Waals surface area (Å²) in [5.41, 5.74) is 2.24. The zero-order chi connectivity index (χ0) is 29.5. The molecule has 41 heavy (non-hydrogen) atoms. The molecule has 222 valence electrons. The van der Waals surface area contributed by atoms with Crippen molar-refractivity contribution >= 4 is 23.4 Å². The smallest absolute Gasteiger partial charge is 0.394 e. The van der Waals surface area contributed by atoms with Crippen molar-refractivity contribution in [2.45, 2.75) is 82.6 Å². The molecule has 2 aromatic rings. The van der Waals surface area contributed by atoms with Crippen LogP contribution in [-0.2, 0) is 16.0 Å². The summed E-state index contributed by atoms with van der Waals surface area (Å²) in [5.74, 6) is -1.45. The van der Waals surface area contributed by atoms with E-state index in [1.807, 2.05) is 19.2 Å². The van der Waals surface area contributed by atoms with Crippen LogP contribution in [0, 0.1) is 17.8 Å². The first-order chi connectivity index (χ1) is 19.5. The van der Waals surface area contributed by atoms with Crippen LogP contribution in [0.2, 0.25) is 0 Å². The predicted octanol–water partition coefficient (Wildman–Crippen LogP) is 3.71. The van der Waals surface area contributed by atoms with E-state index in [4.69, 9.17) is 5.11 Å². The lowest BCUT2D eigenvalue weighted by Gasteiger charge is -2.28. The highest BCUT2D eigenvalue weighted by Gasteiger charge is 2.48. The highest BCUT2D eigenvalue weighted by Crippen LogP contribution is 2.51. The molecule has 2 saturated carbocycles. The van der Waals surface area contributed by atoms with Gasteiger partial charge in [0.05, 0.1) is 12.5 Å². The number of hydrogen-bond donors (Lipinski definition) is 4. The fraction of sp³-hybridized carbons (Fsp3) is 0.586. The lowest BCUT2D eigenvalue weighted by molar-refractivity contribution is -0.168. The molecule has 3 atom stereocenters. The van der Waals surface area contributed by atoms with Crippen LogP contribution in [-0.4, -0.2) is 57.5 Å². The number of amides is 3. The van der Waals surface area contributed by atoms with E-state index >= 15 is 0 Å². The third-order valence-electron chi connectivity index (χ3n) is 8.38. The maximum absolute atomic E-state index is 13.7. The molecule has 3 aliphatic rings. The van der Waals surface area contributed by atoms with Crippen molar-refractivity contribution in [3.8, 4) is 0 Å². The normalized spacial score (nSPS) is 20.0. The number of nitrogens with zero attached hydrogens (tertiary/aromatic N) is 2. The van der Waals surface area contributed by atoms with Gasteiger partial charge in [-0.15, -0.1) is 0 Å². The standard InChI is InChI=1S/C29H36F3N5O4/c1-15(2)37-22(11-12-33-37)27(40)36-25(24(16-3-4-16)17-5-6-17)28(41)34-19-8-10-20-18(13-19)7-9-21(20)26(39)35-23(14-38)29(30,31)32/h8,10-13,15-17,21,23-25,38H,3-7,9,14H2,1-2H3,(H,34,41)(H,35,39)(H,36,40)/t21-,23-,25-/m0/s1. The second kappa shape index (κ2) is 11.5. The molecule has 4 N–H and O–H groups in total. The summed E-state index contributed by atoms with van der Waals surface area (Å²) in [5, 5.41) is 21.2. The second-order valence-electron chi connectivity index (χ2n) is 11.7. The fourth-order valence-electron chi connectivity index (χ4n) is 6.04. The topological polar surface area (TPSA) is 125 Å². The summed E-state index contributed by atoms with van der Waals surface area (Å²) < 4.78 is 40.7. The summed E-state index contributed by atoms with van der Waals surface area (Å²) in [4.78, 5) is 39.7. The molecular formula is C29H36F3N5O4. The third-order valence-corrected chi connectivity index (χ3v) is 8.38. The molecule has 0 saturated heterocycles. The number of aliphatic hydroxyl groups excluding tert-OH is 1. The fourth-order valence-corrected chi connectivity index (χ4v) is 6.04. The van der Waals surface area contributed by atoms with Gasteiger partial charge in [0, 0.05) is 17.9 Å². The number of hydrogen-bond acceptors (Lipinski definition) is 5. The second-order valence-corrected chi connectivity index (χ2v) is 11.7. The number of aliphatic hydroxyl groups is 1. The Morgan fingerprint density at radius 1 is 1.05 bits per heavy atom. The molecule has 0 spiro atoms. The van der Waals surface area contributed by atoms with Gasteiger partial charge >= 0.3 is 6.18 Å². The minimum absolute atomic E-state index is 0.0269. The van der Waals surface area contributed by atoms with Gasteiger partial charge in [-0.25, -0.2) is 0 Å². The van der Waals surface area contributed by atoms with Crippen molar-refractivity contribution in [2.24, 2.45) is 17.8 Å². The first-order valence-electron chi connectivity index (χ1n) is 14.2. The van der Waals surface area contributed by atoms with Crippen molar-refractivity contribution in [2.75, 3.05) is 11.9 Å². The minimum atomic E-state index is -4.75. The number of fused-ring (bicyclic) bond motifs is 1. The summed E-state index contributed by atoms with van der Waals surface area (Å²) in [7, 11) is 0. The molecule has 2 fully saturated rings. The molecule has 9 nitrogen and oxygen atoms in total. The number of halogens is 3. The van der Waals surface area contributed by atoms with E-state index in [0.717, 1.165) is 31.2 Å². The van der Waals surface area contributed by atoms with Crippen LogP contribution in [0.5, 0.6) is 0 Å². The van der Waals surface area contributed by atoms with Crippen molar-refractivity contribution < 1.29 is 32.7 Å². The molecule has 1 heterocycles. The Morgan fingerprint density at radius 3 is 2.32 bits per heavy atom. The predicted molar refractivity (Wildman–Crippen MR) is 144 cm³/mol. The van der Waals surface area contributed by atoms with E-state index in [1.54, 1.807) is 35.1 Å². The maximum atomic E-state index is 13.7. The largest absolute Gasteiger partial charge is 0.410 e. The Kier molecular flexibility index (Phi) is 8.13. The van der Waals surface area contributed by atoms with E-state index in [-0.39, 0.29) is 23.8 Å². The van der Waals surface area contributed by atoms with E-state index in [1.165, 1.54) is 0 Å². The van der Waals surface area contributed by atoms with Gasteiger partial charge in [0.1, 0.15) is 17.8 Å². The van der Waals surface area contributed by atoms with Crippen molar-refractivity contribution in [3.05, 3.63) is 47.3 Å². The van der Waals surface area contributed by atoms with Gasteiger partial charge in [0.2, 0.25) is 11.8 Å². The molecule has 1 aromatic heterocycles. The molecule has 0 aliphatic heterocycles. The van der Waals surface area contributed by atoms with Crippen LogP contribution >= 0.6 is 0 Å². The Morgan fingerprint density at radius 2 is 1.73 bits per heavy atom. The quantitative estimate of drug-likeness (QED) is 0.325. The minimum Gasteiger partial charge on any atom is -0.394 e. The number of carbonyl (C=O) groups excluding carboxylic acids is 3. The number of anilines is 1. The van der Waals surface area contributed by atoms with Gasteiger partial charge in [-0.2, -0.15) is 18.3 Å². The zero-order valence-corrected chi connectivity index (χ0v) is 23.1. The Balaban J connectivity index is 1.31. The highest BCUT2D eigenvalue weighted by molar-refractivity contribution is 6.01. The number of aromatic nitrogens is 2. The number of rotatable bonds is 11. The molecule has 1 aromatic carbocycles. The number of benzene rings is 1. The molecule has 5 rings (SSSR count). The van der Waals surface area contributed by atoms with Crippen LogP contribution < -0.4 is 16.0 Å². The average molecular weight is 576 g/mol. The monoisotopic (exact) mass is 575 g/mol.